The number of nitrogens with one attached hydrogen (secondary N) is 1. The smallest absolute Gasteiger partial charge is 0.270 e. The molecule has 0 unspecified atom stereocenters. The van der Waals surface area contributed by atoms with Crippen molar-refractivity contribution in [2.75, 3.05) is 40.0 Å². The molecular weight excluding hydrogens is 268 g/mol. The SMILES string of the molecule is COc1ccc(N)c2c(C(=O)NCCN(C)C)nccc12. The number of rotatable bonds is 5. The van der Waals surface area contributed by atoms with Crippen molar-refractivity contribution in [2.24, 2.45) is 0 Å². The first-order valence-electron chi connectivity index (χ1n) is 6.68. The predicted octanol–water partition coefficient (Wildman–Crippen LogP) is 1.12. The lowest BCUT2D eigenvalue weighted by molar-refractivity contribution is 0.0948. The lowest BCUT2D eigenvalue weighted by atomic mass is 10.1. The molecule has 1 amide bonds. The molecule has 0 aliphatic carbocycles. The van der Waals surface area contributed by atoms with Crippen LogP contribution in [0.3, 0.4) is 0 Å². The van der Waals surface area contributed by atoms with E-state index in [1.807, 2.05) is 19.0 Å². The van der Waals surface area contributed by atoms with Crippen LogP contribution in [-0.2, 0) is 0 Å². The molecule has 0 saturated carbocycles. The van der Waals surface area contributed by atoms with E-state index in [9.17, 15) is 4.79 Å². The van der Waals surface area contributed by atoms with Gasteiger partial charge in [0.15, 0.2) is 0 Å². The molecule has 0 bridgehead atoms. The van der Waals surface area contributed by atoms with Crippen LogP contribution in [0.2, 0.25) is 0 Å². The Bertz CT molecular complexity index is 655. The standard InChI is InChI=1S/C15H20N4O2/c1-19(2)9-8-18-15(20)14-13-10(6-7-17-14)12(21-3)5-4-11(13)16/h4-7H,8-9,16H2,1-3H3,(H,18,20). The predicted molar refractivity (Wildman–Crippen MR) is 83.6 cm³/mol. The molecule has 6 nitrogen and oxygen atoms in total. The van der Waals surface area contributed by atoms with Crippen LogP contribution >= 0.6 is 0 Å². The fraction of sp³-hybridized carbons (Fsp3) is 0.333. The zero-order valence-electron chi connectivity index (χ0n) is 12.5. The summed E-state index contributed by atoms with van der Waals surface area (Å²) in [4.78, 5) is 18.5. The van der Waals surface area contributed by atoms with E-state index in [2.05, 4.69) is 10.3 Å². The molecule has 1 aromatic carbocycles. The normalized spacial score (nSPS) is 10.9. The summed E-state index contributed by atoms with van der Waals surface area (Å²) in [5.41, 5.74) is 6.84. The second kappa shape index (κ2) is 6.41. The number of nitrogen functional groups attached to an aromatic ring is 1. The molecule has 3 N–H and O–H groups in total. The molecule has 1 heterocycles. The fourth-order valence-corrected chi connectivity index (χ4v) is 2.12. The molecule has 0 aliphatic heterocycles. The van der Waals surface area contributed by atoms with Gasteiger partial charge in [-0.2, -0.15) is 0 Å². The van der Waals surface area contributed by atoms with Crippen molar-refractivity contribution in [1.82, 2.24) is 15.2 Å². The van der Waals surface area contributed by atoms with E-state index in [1.54, 1.807) is 31.5 Å². The highest BCUT2D eigenvalue weighted by Crippen LogP contribution is 2.31. The number of hydrogen-bond donors (Lipinski definition) is 2. The Hall–Kier alpha value is -2.34. The van der Waals surface area contributed by atoms with E-state index >= 15 is 0 Å². The number of benzene rings is 1. The van der Waals surface area contributed by atoms with Crippen LogP contribution in [0, 0.1) is 0 Å². The molecule has 112 valence electrons. The number of carbonyl (C=O) groups is 1. The van der Waals surface area contributed by atoms with Crippen molar-refractivity contribution in [3.8, 4) is 5.75 Å². The molecule has 0 spiro atoms. The number of aromatic nitrogens is 1. The monoisotopic (exact) mass is 288 g/mol. The molecule has 0 atom stereocenters. The first-order chi connectivity index (χ1) is 10.0. The molecule has 0 saturated heterocycles. The van der Waals surface area contributed by atoms with E-state index in [4.69, 9.17) is 10.5 Å². The highest BCUT2D eigenvalue weighted by molar-refractivity contribution is 6.11. The van der Waals surface area contributed by atoms with Crippen LogP contribution in [-0.4, -0.2) is 50.1 Å². The van der Waals surface area contributed by atoms with Gasteiger partial charge in [-0.15, -0.1) is 0 Å². The lowest BCUT2D eigenvalue weighted by Crippen LogP contribution is -2.32. The number of amides is 1. The van der Waals surface area contributed by atoms with Crippen LogP contribution in [0.1, 0.15) is 10.5 Å². The number of methoxy groups -OCH3 is 1. The number of nitrogens with two attached hydrogens (primary N) is 1. The van der Waals surface area contributed by atoms with E-state index in [1.165, 1.54) is 0 Å². The number of ether oxygens (including phenoxy) is 1. The maximum absolute atomic E-state index is 12.3. The van der Waals surface area contributed by atoms with Crippen LogP contribution in [0.15, 0.2) is 24.4 Å². The summed E-state index contributed by atoms with van der Waals surface area (Å²) >= 11 is 0. The Morgan fingerprint density at radius 3 is 2.81 bits per heavy atom. The van der Waals surface area contributed by atoms with Gasteiger partial charge < -0.3 is 20.7 Å². The summed E-state index contributed by atoms with van der Waals surface area (Å²) < 4.78 is 5.31. The largest absolute Gasteiger partial charge is 0.496 e. The van der Waals surface area contributed by atoms with Gasteiger partial charge in [0.25, 0.3) is 5.91 Å². The van der Waals surface area contributed by atoms with Gasteiger partial charge in [0.05, 0.1) is 7.11 Å². The molecule has 6 heteroatoms. The second-order valence-corrected chi connectivity index (χ2v) is 5.00. The number of carbonyl (C=O) groups excluding carboxylic acids is 1. The maximum atomic E-state index is 12.3. The van der Waals surface area contributed by atoms with Crippen LogP contribution in [0.5, 0.6) is 5.75 Å². The Labute approximate surface area is 123 Å². The molecular formula is C15H20N4O2. The first-order valence-corrected chi connectivity index (χ1v) is 6.68. The van der Waals surface area contributed by atoms with E-state index < -0.39 is 0 Å². The summed E-state index contributed by atoms with van der Waals surface area (Å²) in [5.74, 6) is 0.436. The zero-order valence-corrected chi connectivity index (χ0v) is 12.5. The summed E-state index contributed by atoms with van der Waals surface area (Å²) in [7, 11) is 5.48. The Morgan fingerprint density at radius 1 is 1.38 bits per heavy atom. The van der Waals surface area contributed by atoms with Crippen molar-refractivity contribution < 1.29 is 9.53 Å². The Morgan fingerprint density at radius 2 is 2.14 bits per heavy atom. The number of nitrogens with zero attached hydrogens (tertiary/aromatic N) is 2. The van der Waals surface area contributed by atoms with Gasteiger partial charge in [0.1, 0.15) is 11.4 Å². The fourth-order valence-electron chi connectivity index (χ4n) is 2.12. The quantitative estimate of drug-likeness (QED) is 0.806. The average Bonchev–Trinajstić information content (AvgIpc) is 2.46. The van der Waals surface area contributed by atoms with Crippen molar-refractivity contribution in [1.29, 1.82) is 0 Å². The lowest BCUT2D eigenvalue weighted by Gasteiger charge is -2.13. The van der Waals surface area contributed by atoms with Gasteiger partial charge in [0, 0.05) is 35.7 Å². The number of fused-ring (bicyclic) bond motifs is 1. The van der Waals surface area contributed by atoms with Gasteiger partial charge in [-0.05, 0) is 32.3 Å². The maximum Gasteiger partial charge on any atom is 0.270 e. The minimum absolute atomic E-state index is 0.234. The van der Waals surface area contributed by atoms with E-state index in [-0.39, 0.29) is 5.91 Å². The number of anilines is 1. The molecule has 0 fully saturated rings. The highest BCUT2D eigenvalue weighted by Gasteiger charge is 2.15. The molecule has 2 rings (SSSR count). The van der Waals surface area contributed by atoms with Gasteiger partial charge in [0.2, 0.25) is 0 Å². The Balaban J connectivity index is 2.38. The van der Waals surface area contributed by atoms with Crippen molar-refractivity contribution in [2.45, 2.75) is 0 Å². The van der Waals surface area contributed by atoms with Crippen molar-refractivity contribution in [3.63, 3.8) is 0 Å². The minimum atomic E-state index is -0.234. The molecule has 21 heavy (non-hydrogen) atoms. The molecule has 0 aliphatic rings. The van der Waals surface area contributed by atoms with Gasteiger partial charge >= 0.3 is 0 Å². The highest BCUT2D eigenvalue weighted by atomic mass is 16.5. The van der Waals surface area contributed by atoms with Crippen molar-refractivity contribution in [3.05, 3.63) is 30.1 Å². The average molecular weight is 288 g/mol. The second-order valence-electron chi connectivity index (χ2n) is 5.00. The summed E-state index contributed by atoms with van der Waals surface area (Å²) in [6.45, 7) is 1.31. The number of likely N-dealkylation sites (N-methyl/N-ethyl adjacent to an activating group) is 1. The number of hydrogen-bond acceptors (Lipinski definition) is 5. The van der Waals surface area contributed by atoms with Gasteiger partial charge in [-0.3, -0.25) is 9.78 Å². The number of pyridine rings is 1. The summed E-state index contributed by atoms with van der Waals surface area (Å²) in [5, 5.41) is 4.25. The van der Waals surface area contributed by atoms with E-state index in [0.29, 0.717) is 29.1 Å². The summed E-state index contributed by atoms with van der Waals surface area (Å²) in [6, 6.07) is 5.30. The van der Waals surface area contributed by atoms with Crippen LogP contribution in [0.25, 0.3) is 10.8 Å². The Kier molecular flexibility index (Phi) is 4.59. The first kappa shape index (κ1) is 15.1. The van der Waals surface area contributed by atoms with Gasteiger partial charge in [-0.25, -0.2) is 0 Å². The van der Waals surface area contributed by atoms with Gasteiger partial charge in [-0.1, -0.05) is 0 Å². The molecule has 0 radical (unpaired) electrons. The molecule has 2 aromatic rings. The third-order valence-electron chi connectivity index (χ3n) is 3.20. The third-order valence-corrected chi connectivity index (χ3v) is 3.20. The molecule has 1 aromatic heterocycles. The topological polar surface area (TPSA) is 80.5 Å². The third kappa shape index (κ3) is 3.22. The zero-order chi connectivity index (χ0) is 15.4. The van der Waals surface area contributed by atoms with Crippen LogP contribution < -0.4 is 15.8 Å². The van der Waals surface area contributed by atoms with Crippen molar-refractivity contribution >= 4 is 22.4 Å². The van der Waals surface area contributed by atoms with Crippen LogP contribution in [0.4, 0.5) is 5.69 Å². The summed E-state index contributed by atoms with van der Waals surface area (Å²) in [6.07, 6.45) is 1.59. The van der Waals surface area contributed by atoms with E-state index in [0.717, 1.165) is 11.9 Å². The minimum Gasteiger partial charge on any atom is -0.496 e.